The van der Waals surface area contributed by atoms with Crippen LogP contribution in [0.4, 0.5) is 0 Å². The van der Waals surface area contributed by atoms with E-state index in [1.54, 1.807) is 0 Å². The van der Waals surface area contributed by atoms with E-state index in [1.807, 2.05) is 0 Å². The molecule has 1 aliphatic heterocycles. The maximum atomic E-state index is 12.0. The molecule has 0 spiro atoms. The van der Waals surface area contributed by atoms with Crippen molar-refractivity contribution in [1.29, 1.82) is 0 Å². The summed E-state index contributed by atoms with van der Waals surface area (Å²) in [5, 5.41) is 6.81. The van der Waals surface area contributed by atoms with Crippen molar-refractivity contribution in [2.24, 2.45) is 0 Å². The third kappa shape index (κ3) is 6.57. The van der Waals surface area contributed by atoms with Crippen molar-refractivity contribution >= 4 is 5.91 Å². The zero-order valence-electron chi connectivity index (χ0n) is 19.7. The van der Waals surface area contributed by atoms with Crippen molar-refractivity contribution in [2.45, 2.75) is 71.7 Å². The van der Waals surface area contributed by atoms with Gasteiger partial charge in [0.25, 0.3) is 0 Å². The van der Waals surface area contributed by atoms with Crippen LogP contribution in [0.2, 0.25) is 0 Å². The summed E-state index contributed by atoms with van der Waals surface area (Å²) in [6.45, 7) is 10.4. The number of nitrogens with zero attached hydrogens (tertiary/aromatic N) is 1. The highest BCUT2D eigenvalue weighted by Gasteiger charge is 2.25. The second-order valence-electron chi connectivity index (χ2n) is 9.61. The number of nitrogens with one attached hydrogen (secondary N) is 2. The van der Waals surface area contributed by atoms with Crippen LogP contribution in [-0.4, -0.2) is 42.5 Å². The molecule has 2 aliphatic rings. The second kappa shape index (κ2) is 10.5. The average molecular weight is 436 g/mol. The predicted molar refractivity (Wildman–Crippen MR) is 129 cm³/mol. The van der Waals surface area contributed by atoms with Gasteiger partial charge in [-0.1, -0.05) is 42.0 Å². The molecule has 32 heavy (non-hydrogen) atoms. The molecular formula is C27H37N3O2. The fraction of sp³-hybridized carbons (Fsp3) is 0.519. The number of hydrogen-bond acceptors (Lipinski definition) is 4. The lowest BCUT2D eigenvalue weighted by molar-refractivity contribution is -0.122. The minimum absolute atomic E-state index is 0.189. The lowest BCUT2D eigenvalue weighted by Gasteiger charge is -2.32. The Kier molecular flexibility index (Phi) is 7.48. The minimum atomic E-state index is 0.189. The van der Waals surface area contributed by atoms with Crippen molar-refractivity contribution in [2.75, 3.05) is 19.6 Å². The maximum Gasteiger partial charge on any atom is 0.234 e. The summed E-state index contributed by atoms with van der Waals surface area (Å²) < 4.78 is 6.17. The Morgan fingerprint density at radius 3 is 2.34 bits per heavy atom. The first kappa shape index (κ1) is 22.8. The highest BCUT2D eigenvalue weighted by atomic mass is 16.5. The summed E-state index contributed by atoms with van der Waals surface area (Å²) in [5.41, 5.74) is 6.13. The number of carbonyl (C=O) groups excluding carboxylic acids is 1. The molecule has 5 heteroatoms. The zero-order valence-corrected chi connectivity index (χ0v) is 19.7. The summed E-state index contributed by atoms with van der Waals surface area (Å²) >= 11 is 0. The van der Waals surface area contributed by atoms with E-state index in [1.165, 1.54) is 27.8 Å². The van der Waals surface area contributed by atoms with Crippen LogP contribution in [0, 0.1) is 20.8 Å². The third-order valence-electron chi connectivity index (χ3n) is 6.48. The van der Waals surface area contributed by atoms with E-state index in [4.69, 9.17) is 4.74 Å². The topological polar surface area (TPSA) is 53.6 Å². The van der Waals surface area contributed by atoms with Crippen molar-refractivity contribution in [1.82, 2.24) is 15.5 Å². The molecule has 1 saturated heterocycles. The summed E-state index contributed by atoms with van der Waals surface area (Å²) in [6.07, 6.45) is 4.48. The van der Waals surface area contributed by atoms with Crippen LogP contribution >= 0.6 is 0 Å². The monoisotopic (exact) mass is 435 g/mol. The molecule has 172 valence electrons. The molecule has 0 unspecified atom stereocenters. The van der Waals surface area contributed by atoms with Crippen LogP contribution < -0.4 is 15.4 Å². The number of hydrogen-bond donors (Lipinski definition) is 2. The van der Waals surface area contributed by atoms with Crippen LogP contribution in [0.1, 0.15) is 53.5 Å². The fourth-order valence-corrected chi connectivity index (χ4v) is 4.59. The van der Waals surface area contributed by atoms with Gasteiger partial charge in [-0.15, -0.1) is 0 Å². The van der Waals surface area contributed by atoms with Crippen molar-refractivity contribution in [3.8, 4) is 5.75 Å². The molecule has 2 aromatic rings. The van der Waals surface area contributed by atoms with Crippen molar-refractivity contribution in [3.63, 3.8) is 0 Å². The number of amides is 1. The number of likely N-dealkylation sites (tertiary alicyclic amines) is 1. The van der Waals surface area contributed by atoms with Gasteiger partial charge in [0.1, 0.15) is 12.4 Å². The van der Waals surface area contributed by atoms with Gasteiger partial charge in [0.2, 0.25) is 5.91 Å². The molecule has 0 atom stereocenters. The van der Waals surface area contributed by atoms with Gasteiger partial charge in [-0.05, 0) is 68.7 Å². The van der Waals surface area contributed by atoms with E-state index in [2.05, 4.69) is 72.7 Å². The summed E-state index contributed by atoms with van der Waals surface area (Å²) in [5.74, 6) is 1.18. The molecular weight excluding hydrogens is 398 g/mol. The second-order valence-corrected chi connectivity index (χ2v) is 9.61. The Morgan fingerprint density at radius 2 is 1.69 bits per heavy atom. The highest BCUT2D eigenvalue weighted by Crippen LogP contribution is 2.26. The molecule has 1 saturated carbocycles. The van der Waals surface area contributed by atoms with Crippen LogP contribution in [0.15, 0.2) is 36.4 Å². The van der Waals surface area contributed by atoms with Crippen molar-refractivity contribution in [3.05, 3.63) is 64.2 Å². The average Bonchev–Trinajstić information content (AvgIpc) is 3.56. The highest BCUT2D eigenvalue weighted by molar-refractivity contribution is 5.78. The molecule has 4 rings (SSSR count). The maximum absolute atomic E-state index is 12.0. The van der Waals surface area contributed by atoms with Gasteiger partial charge in [-0.3, -0.25) is 9.69 Å². The molecule has 1 amide bonds. The Balaban J connectivity index is 1.23. The van der Waals surface area contributed by atoms with E-state index in [9.17, 15) is 4.79 Å². The molecule has 2 N–H and O–H groups in total. The Bertz CT molecular complexity index is 907. The minimum Gasteiger partial charge on any atom is -0.488 e. The largest absolute Gasteiger partial charge is 0.488 e. The van der Waals surface area contributed by atoms with Crippen LogP contribution in [0.25, 0.3) is 0 Å². The molecule has 1 heterocycles. The lowest BCUT2D eigenvalue weighted by atomic mass is 10.0. The molecule has 0 aromatic heterocycles. The number of rotatable bonds is 9. The summed E-state index contributed by atoms with van der Waals surface area (Å²) in [6, 6.07) is 13.9. The summed E-state index contributed by atoms with van der Waals surface area (Å²) in [4.78, 5) is 14.3. The van der Waals surface area contributed by atoms with Gasteiger partial charge in [-0.2, -0.15) is 0 Å². The van der Waals surface area contributed by atoms with Crippen LogP contribution in [0.3, 0.4) is 0 Å². The standard InChI is InChI=1S/C27H37N3O2/c1-19-5-4-6-22(13-19)18-32-27-20(2)14-23(15-21(27)3)16-28-24-9-11-30(12-10-24)17-26(31)29-25-7-8-25/h4-6,13-15,24-25,28H,7-12,16-18H2,1-3H3,(H,29,31). The van der Waals surface area contributed by atoms with Crippen molar-refractivity contribution < 1.29 is 9.53 Å². The molecule has 5 nitrogen and oxygen atoms in total. The zero-order chi connectivity index (χ0) is 22.5. The van der Waals surface area contributed by atoms with E-state index in [-0.39, 0.29) is 5.91 Å². The fourth-order valence-electron chi connectivity index (χ4n) is 4.59. The number of aryl methyl sites for hydroxylation is 3. The Labute approximate surface area is 192 Å². The predicted octanol–water partition coefficient (Wildman–Crippen LogP) is 4.02. The molecule has 1 aliphatic carbocycles. The Hall–Kier alpha value is -2.37. The Morgan fingerprint density at radius 1 is 0.969 bits per heavy atom. The SMILES string of the molecule is Cc1cccc(COc2c(C)cc(CNC3CCN(CC(=O)NC4CC4)CC3)cc2C)c1. The van der Waals surface area contributed by atoms with Crippen LogP contribution in [0.5, 0.6) is 5.75 Å². The number of piperidine rings is 1. The van der Waals surface area contributed by atoms with E-state index in [0.29, 0.717) is 25.2 Å². The van der Waals surface area contributed by atoms with Gasteiger partial charge >= 0.3 is 0 Å². The quantitative estimate of drug-likeness (QED) is 0.625. The molecule has 0 bridgehead atoms. The first-order valence-electron chi connectivity index (χ1n) is 12.0. The molecule has 0 radical (unpaired) electrons. The summed E-state index contributed by atoms with van der Waals surface area (Å²) in [7, 11) is 0. The number of ether oxygens (including phenoxy) is 1. The van der Waals surface area contributed by atoms with Gasteiger partial charge in [0.05, 0.1) is 6.54 Å². The van der Waals surface area contributed by atoms with E-state index in [0.717, 1.165) is 51.1 Å². The van der Waals surface area contributed by atoms with Gasteiger partial charge in [0.15, 0.2) is 0 Å². The van der Waals surface area contributed by atoms with Gasteiger partial charge < -0.3 is 15.4 Å². The molecule has 2 fully saturated rings. The van der Waals surface area contributed by atoms with Gasteiger partial charge in [0, 0.05) is 31.7 Å². The van der Waals surface area contributed by atoms with Gasteiger partial charge in [-0.25, -0.2) is 0 Å². The first-order valence-corrected chi connectivity index (χ1v) is 12.0. The molecule has 2 aromatic carbocycles. The third-order valence-corrected chi connectivity index (χ3v) is 6.48. The number of benzene rings is 2. The van der Waals surface area contributed by atoms with E-state index >= 15 is 0 Å². The van der Waals surface area contributed by atoms with Crippen LogP contribution in [-0.2, 0) is 17.9 Å². The number of carbonyl (C=O) groups is 1. The smallest absolute Gasteiger partial charge is 0.234 e. The van der Waals surface area contributed by atoms with E-state index < -0.39 is 0 Å². The first-order chi connectivity index (χ1) is 15.5. The lowest BCUT2D eigenvalue weighted by Crippen LogP contribution is -2.46. The normalized spacial score (nSPS) is 17.3.